The highest BCUT2D eigenvalue weighted by Crippen LogP contribution is 2.17. The van der Waals surface area contributed by atoms with Gasteiger partial charge in [0.15, 0.2) is 11.4 Å². The number of halogens is 1. The zero-order valence-corrected chi connectivity index (χ0v) is 13.1. The van der Waals surface area contributed by atoms with Crippen LogP contribution in [0.2, 0.25) is 0 Å². The quantitative estimate of drug-likeness (QED) is 0.467. The number of hydrogen-bond acceptors (Lipinski definition) is 2. The Morgan fingerprint density at radius 1 is 0.913 bits per heavy atom. The average Bonchev–Trinajstić information content (AvgIpc) is 2.60. The maximum Gasteiger partial charge on any atom is 0.187 e. The zero-order valence-electron chi connectivity index (χ0n) is 12.3. The second kappa shape index (κ2) is 10.7. The monoisotopic (exact) mass is 326 g/mol. The standard InChI is InChI=1S/C11H10ClNO.C7H5NO/c1-13-10-4-6-11(7-5-10)14-9-3-2-8-12;1-8-6-2-4-7(9)5-3-6/h2-7H,8-9H2;2-5,9H/b3-2+;. The molecule has 0 fully saturated rings. The van der Waals surface area contributed by atoms with Crippen molar-refractivity contribution in [3.8, 4) is 11.5 Å². The molecular weight excluding hydrogens is 312 g/mol. The van der Waals surface area contributed by atoms with Crippen molar-refractivity contribution in [2.75, 3.05) is 12.5 Å². The molecule has 0 aromatic heterocycles. The maximum absolute atomic E-state index is 8.75. The van der Waals surface area contributed by atoms with Crippen LogP contribution in [0.1, 0.15) is 0 Å². The molecular formula is C18H15ClN2O2. The Hall–Kier alpha value is -2.95. The Kier molecular flexibility index (Phi) is 8.44. The number of aromatic hydroxyl groups is 1. The summed E-state index contributed by atoms with van der Waals surface area (Å²) in [4.78, 5) is 6.43. The van der Waals surface area contributed by atoms with Gasteiger partial charge in [-0.15, -0.1) is 11.6 Å². The van der Waals surface area contributed by atoms with Gasteiger partial charge in [-0.3, -0.25) is 0 Å². The normalized spacial score (nSPS) is 9.35. The van der Waals surface area contributed by atoms with Gasteiger partial charge in [-0.05, 0) is 24.3 Å². The Labute approximate surface area is 140 Å². The van der Waals surface area contributed by atoms with Gasteiger partial charge in [-0.2, -0.15) is 0 Å². The lowest BCUT2D eigenvalue weighted by atomic mass is 10.3. The van der Waals surface area contributed by atoms with Crippen LogP contribution >= 0.6 is 11.6 Å². The second-order valence-corrected chi connectivity index (χ2v) is 4.48. The van der Waals surface area contributed by atoms with Crippen molar-refractivity contribution < 1.29 is 9.84 Å². The van der Waals surface area contributed by atoms with Gasteiger partial charge in [0.25, 0.3) is 0 Å². The van der Waals surface area contributed by atoms with Crippen molar-refractivity contribution in [2.24, 2.45) is 0 Å². The summed E-state index contributed by atoms with van der Waals surface area (Å²) in [6.07, 6.45) is 3.69. The number of benzene rings is 2. The first-order valence-corrected chi connectivity index (χ1v) is 7.21. The predicted molar refractivity (Wildman–Crippen MR) is 92.4 cm³/mol. The van der Waals surface area contributed by atoms with Crippen LogP contribution in [0, 0.1) is 13.1 Å². The number of ether oxygens (including phenoxy) is 1. The molecule has 0 bridgehead atoms. The average molecular weight is 327 g/mol. The van der Waals surface area contributed by atoms with Gasteiger partial charge < -0.3 is 9.84 Å². The van der Waals surface area contributed by atoms with E-state index in [1.165, 1.54) is 12.1 Å². The fraction of sp³-hybridized carbons (Fsp3) is 0.111. The van der Waals surface area contributed by atoms with Crippen molar-refractivity contribution >= 4 is 23.0 Å². The molecule has 0 atom stereocenters. The lowest BCUT2D eigenvalue weighted by Gasteiger charge is -2.01. The van der Waals surface area contributed by atoms with E-state index in [0.717, 1.165) is 5.75 Å². The van der Waals surface area contributed by atoms with Crippen LogP contribution in [0.5, 0.6) is 11.5 Å². The summed E-state index contributed by atoms with van der Waals surface area (Å²) in [5, 5.41) is 8.75. The Balaban J connectivity index is 0.000000253. The lowest BCUT2D eigenvalue weighted by molar-refractivity contribution is 0.363. The molecule has 0 heterocycles. The first-order valence-electron chi connectivity index (χ1n) is 6.67. The Bertz CT molecular complexity index is 696. The van der Waals surface area contributed by atoms with E-state index < -0.39 is 0 Å². The van der Waals surface area contributed by atoms with Gasteiger partial charge in [0.05, 0.1) is 13.1 Å². The number of alkyl halides is 1. The third kappa shape index (κ3) is 7.57. The van der Waals surface area contributed by atoms with Gasteiger partial charge in [-0.1, -0.05) is 36.4 Å². The van der Waals surface area contributed by atoms with Gasteiger partial charge >= 0.3 is 0 Å². The predicted octanol–water partition coefficient (Wildman–Crippen LogP) is 5.35. The SMILES string of the molecule is [C-]#[N+]c1ccc(O)cc1.[C-]#[N+]c1ccc(OC/C=C/CCl)cc1. The molecule has 0 amide bonds. The minimum atomic E-state index is 0.197. The smallest absolute Gasteiger partial charge is 0.187 e. The fourth-order valence-corrected chi connectivity index (χ4v) is 1.55. The molecule has 2 aromatic rings. The Morgan fingerprint density at radius 3 is 1.91 bits per heavy atom. The number of nitrogens with zero attached hydrogens (tertiary/aromatic N) is 2. The highest BCUT2D eigenvalue weighted by Gasteiger charge is 1.92. The minimum Gasteiger partial charge on any atom is -0.508 e. The molecule has 0 aliphatic carbocycles. The van der Waals surface area contributed by atoms with E-state index in [-0.39, 0.29) is 5.75 Å². The fourth-order valence-electron chi connectivity index (χ4n) is 1.42. The van der Waals surface area contributed by atoms with E-state index in [1.54, 1.807) is 36.4 Å². The number of rotatable bonds is 4. The summed E-state index contributed by atoms with van der Waals surface area (Å²) in [7, 11) is 0. The van der Waals surface area contributed by atoms with Crippen LogP contribution in [-0.2, 0) is 0 Å². The van der Waals surface area contributed by atoms with Crippen LogP contribution in [0.25, 0.3) is 9.69 Å². The number of allylic oxidation sites excluding steroid dienone is 1. The van der Waals surface area contributed by atoms with Gasteiger partial charge in [-0.25, -0.2) is 9.69 Å². The summed E-state index contributed by atoms with van der Waals surface area (Å²) in [5.41, 5.74) is 1.17. The van der Waals surface area contributed by atoms with E-state index in [9.17, 15) is 0 Å². The number of phenolic OH excluding ortho intramolecular Hbond substituents is 1. The molecule has 2 rings (SSSR count). The lowest BCUT2D eigenvalue weighted by Crippen LogP contribution is -1.92. The van der Waals surface area contributed by atoms with Crippen LogP contribution in [0.3, 0.4) is 0 Å². The van der Waals surface area contributed by atoms with Crippen molar-refractivity contribution in [2.45, 2.75) is 0 Å². The van der Waals surface area contributed by atoms with Gasteiger partial charge in [0.1, 0.15) is 18.1 Å². The molecule has 23 heavy (non-hydrogen) atoms. The van der Waals surface area contributed by atoms with Crippen LogP contribution in [0.4, 0.5) is 11.4 Å². The molecule has 2 aromatic carbocycles. The van der Waals surface area contributed by atoms with E-state index in [4.69, 9.17) is 34.6 Å². The molecule has 0 aliphatic heterocycles. The van der Waals surface area contributed by atoms with Gasteiger partial charge in [0.2, 0.25) is 0 Å². The molecule has 0 aliphatic rings. The Morgan fingerprint density at radius 2 is 1.43 bits per heavy atom. The first kappa shape index (κ1) is 18.1. The van der Waals surface area contributed by atoms with E-state index in [1.807, 2.05) is 12.2 Å². The minimum absolute atomic E-state index is 0.197. The van der Waals surface area contributed by atoms with Crippen LogP contribution < -0.4 is 4.74 Å². The molecule has 4 nitrogen and oxygen atoms in total. The molecule has 0 radical (unpaired) electrons. The van der Waals surface area contributed by atoms with Crippen LogP contribution in [0.15, 0.2) is 60.7 Å². The van der Waals surface area contributed by atoms with Gasteiger partial charge in [0, 0.05) is 5.88 Å². The molecule has 0 unspecified atom stereocenters. The summed E-state index contributed by atoms with van der Waals surface area (Å²) in [5.74, 6) is 1.46. The molecule has 116 valence electrons. The summed E-state index contributed by atoms with van der Waals surface area (Å²) in [6.45, 7) is 13.8. The summed E-state index contributed by atoms with van der Waals surface area (Å²) >= 11 is 5.45. The summed E-state index contributed by atoms with van der Waals surface area (Å²) in [6, 6.07) is 13.1. The zero-order chi connectivity index (χ0) is 16.9. The maximum atomic E-state index is 8.75. The molecule has 0 saturated carbocycles. The third-order valence-corrected chi connectivity index (χ3v) is 2.72. The highest BCUT2D eigenvalue weighted by molar-refractivity contribution is 6.18. The molecule has 0 spiro atoms. The molecule has 1 N–H and O–H groups in total. The van der Waals surface area contributed by atoms with E-state index in [0.29, 0.717) is 23.9 Å². The first-order chi connectivity index (χ1) is 11.2. The van der Waals surface area contributed by atoms with Crippen molar-refractivity contribution in [3.63, 3.8) is 0 Å². The number of phenols is 1. The van der Waals surface area contributed by atoms with E-state index in [2.05, 4.69) is 9.69 Å². The number of hydrogen-bond donors (Lipinski definition) is 1. The van der Waals surface area contributed by atoms with Crippen molar-refractivity contribution in [1.82, 2.24) is 0 Å². The summed E-state index contributed by atoms with van der Waals surface area (Å²) < 4.78 is 5.36. The van der Waals surface area contributed by atoms with Crippen LogP contribution in [-0.4, -0.2) is 17.6 Å². The van der Waals surface area contributed by atoms with Crippen molar-refractivity contribution in [3.05, 3.63) is 83.5 Å². The molecule has 5 heteroatoms. The van der Waals surface area contributed by atoms with E-state index >= 15 is 0 Å². The highest BCUT2D eigenvalue weighted by atomic mass is 35.5. The second-order valence-electron chi connectivity index (χ2n) is 4.17. The van der Waals surface area contributed by atoms with Crippen molar-refractivity contribution in [1.29, 1.82) is 0 Å². The largest absolute Gasteiger partial charge is 0.508 e. The third-order valence-electron chi connectivity index (χ3n) is 2.55. The molecule has 0 saturated heterocycles. The topological polar surface area (TPSA) is 38.2 Å².